The second kappa shape index (κ2) is 6.53. The smallest absolute Gasteiger partial charge is 0.208 e. The minimum Gasteiger partial charge on any atom is -0.208 e. The van der Waals surface area contributed by atoms with Crippen LogP contribution < -0.4 is 4.72 Å². The van der Waals surface area contributed by atoms with Crippen LogP contribution in [0.1, 0.15) is 32.6 Å². The van der Waals surface area contributed by atoms with Gasteiger partial charge in [-0.2, -0.15) is 0 Å². The van der Waals surface area contributed by atoms with Crippen LogP contribution in [0.4, 0.5) is 0 Å². The van der Waals surface area contributed by atoms with E-state index in [9.17, 15) is 8.42 Å². The molecule has 1 saturated carbocycles. The summed E-state index contributed by atoms with van der Waals surface area (Å²) >= 11 is 15.3. The van der Waals surface area contributed by atoms with Gasteiger partial charge < -0.3 is 0 Å². The molecule has 1 N–H and O–H groups in total. The number of hydrogen-bond donors (Lipinski definition) is 1. The number of rotatable bonds is 6. The second-order valence-electron chi connectivity index (χ2n) is 5.10. The topological polar surface area (TPSA) is 46.2 Å². The van der Waals surface area contributed by atoms with E-state index < -0.39 is 10.0 Å². The van der Waals surface area contributed by atoms with Gasteiger partial charge in [0.1, 0.15) is 4.90 Å². The van der Waals surface area contributed by atoms with Gasteiger partial charge in [-0.3, -0.25) is 0 Å². The lowest BCUT2D eigenvalue weighted by atomic mass is 10.1. The van der Waals surface area contributed by atoms with Gasteiger partial charge in [0, 0.05) is 10.5 Å². The van der Waals surface area contributed by atoms with Crippen LogP contribution in [0.3, 0.4) is 0 Å². The molecule has 7 heteroatoms. The van der Waals surface area contributed by atoms with Crippen LogP contribution in [0.25, 0.3) is 0 Å². The van der Waals surface area contributed by atoms with Crippen molar-refractivity contribution in [2.45, 2.75) is 43.5 Å². The van der Waals surface area contributed by atoms with Crippen LogP contribution in [0.5, 0.6) is 0 Å². The quantitative estimate of drug-likeness (QED) is 0.757. The molecule has 0 heterocycles. The van der Waals surface area contributed by atoms with Crippen molar-refractivity contribution in [3.63, 3.8) is 0 Å². The highest BCUT2D eigenvalue weighted by molar-refractivity contribution is 9.10. The van der Waals surface area contributed by atoms with E-state index in [0.717, 1.165) is 12.8 Å². The maximum atomic E-state index is 12.5. The first-order valence-corrected chi connectivity index (χ1v) is 9.53. The zero-order valence-corrected chi connectivity index (χ0v) is 14.9. The molecule has 1 fully saturated rings. The molecule has 1 unspecified atom stereocenters. The van der Waals surface area contributed by atoms with E-state index in [4.69, 9.17) is 23.2 Å². The highest BCUT2D eigenvalue weighted by atomic mass is 79.9. The number of hydrogen-bond acceptors (Lipinski definition) is 2. The number of nitrogens with one attached hydrogen (secondary N) is 1. The molecule has 1 aliphatic rings. The Morgan fingerprint density at radius 1 is 1.35 bits per heavy atom. The highest BCUT2D eigenvalue weighted by Gasteiger charge is 2.29. The number of sulfonamides is 1. The Morgan fingerprint density at radius 3 is 2.35 bits per heavy atom. The fourth-order valence-corrected chi connectivity index (χ4v) is 5.39. The summed E-state index contributed by atoms with van der Waals surface area (Å²) in [6.45, 7) is 1.97. The molecule has 0 bridgehead atoms. The Hall–Kier alpha value is 0.190. The van der Waals surface area contributed by atoms with Gasteiger partial charge in [-0.15, -0.1) is 0 Å². The minimum absolute atomic E-state index is 0.0433. The summed E-state index contributed by atoms with van der Waals surface area (Å²) in [5, 5.41) is 0.247. The van der Waals surface area contributed by atoms with Gasteiger partial charge in [-0.05, 0) is 30.9 Å². The zero-order valence-electron chi connectivity index (χ0n) is 11.0. The van der Waals surface area contributed by atoms with Gasteiger partial charge in [0.05, 0.1) is 10.0 Å². The minimum atomic E-state index is -3.70. The molecule has 20 heavy (non-hydrogen) atoms. The maximum absolute atomic E-state index is 12.5. The normalized spacial score (nSPS) is 17.2. The van der Waals surface area contributed by atoms with Gasteiger partial charge in [0.2, 0.25) is 10.0 Å². The SMILES string of the molecule is CCC(CC1CC1)NS(=O)(=O)c1c(Cl)cc(Br)cc1Cl. The maximum Gasteiger partial charge on any atom is 0.243 e. The summed E-state index contributed by atoms with van der Waals surface area (Å²) in [6.07, 6.45) is 4.01. The van der Waals surface area contributed by atoms with Crippen molar-refractivity contribution in [3.05, 3.63) is 26.7 Å². The molecule has 0 saturated heterocycles. The largest absolute Gasteiger partial charge is 0.243 e. The van der Waals surface area contributed by atoms with Crippen molar-refractivity contribution in [3.8, 4) is 0 Å². The van der Waals surface area contributed by atoms with Gasteiger partial charge in [0.15, 0.2) is 0 Å². The lowest BCUT2D eigenvalue weighted by molar-refractivity contribution is 0.495. The third-order valence-electron chi connectivity index (χ3n) is 3.36. The number of benzene rings is 1. The van der Waals surface area contributed by atoms with Gasteiger partial charge in [0.25, 0.3) is 0 Å². The monoisotopic (exact) mass is 399 g/mol. The molecule has 0 spiro atoms. The van der Waals surface area contributed by atoms with E-state index in [1.54, 1.807) is 0 Å². The summed E-state index contributed by atoms with van der Waals surface area (Å²) in [7, 11) is -3.70. The molecule has 0 amide bonds. The molecule has 2 rings (SSSR count). The van der Waals surface area contributed by atoms with Crippen molar-refractivity contribution in [1.29, 1.82) is 0 Å². The highest BCUT2D eigenvalue weighted by Crippen LogP contribution is 2.36. The summed E-state index contributed by atoms with van der Waals surface area (Å²) < 4.78 is 28.3. The summed E-state index contributed by atoms with van der Waals surface area (Å²) in [5.41, 5.74) is 0. The Balaban J connectivity index is 2.25. The van der Waals surface area contributed by atoms with E-state index in [2.05, 4.69) is 20.7 Å². The lowest BCUT2D eigenvalue weighted by Gasteiger charge is -2.18. The Kier molecular flexibility index (Phi) is 5.40. The fraction of sp³-hybridized carbons (Fsp3) is 0.538. The van der Waals surface area contributed by atoms with Crippen molar-refractivity contribution in [2.75, 3.05) is 0 Å². The second-order valence-corrected chi connectivity index (χ2v) is 8.48. The molecule has 112 valence electrons. The lowest BCUT2D eigenvalue weighted by Crippen LogP contribution is -2.35. The fourth-order valence-electron chi connectivity index (χ4n) is 2.12. The molecule has 1 aromatic rings. The summed E-state index contributed by atoms with van der Waals surface area (Å²) in [4.78, 5) is -0.0433. The van der Waals surface area contributed by atoms with E-state index in [1.165, 1.54) is 25.0 Å². The average Bonchev–Trinajstić information content (AvgIpc) is 3.09. The van der Waals surface area contributed by atoms with Crippen LogP contribution in [0, 0.1) is 5.92 Å². The molecular weight excluding hydrogens is 385 g/mol. The van der Waals surface area contributed by atoms with Crippen molar-refractivity contribution < 1.29 is 8.42 Å². The van der Waals surface area contributed by atoms with Crippen LogP contribution in [0.15, 0.2) is 21.5 Å². The molecule has 3 nitrogen and oxygen atoms in total. The Morgan fingerprint density at radius 2 is 1.90 bits per heavy atom. The van der Waals surface area contributed by atoms with E-state index in [-0.39, 0.29) is 21.0 Å². The van der Waals surface area contributed by atoms with E-state index >= 15 is 0 Å². The predicted molar refractivity (Wildman–Crippen MR) is 85.9 cm³/mol. The summed E-state index contributed by atoms with van der Waals surface area (Å²) in [6, 6.07) is 3.00. The molecule has 0 radical (unpaired) electrons. The van der Waals surface area contributed by atoms with Crippen LogP contribution in [0.2, 0.25) is 10.0 Å². The molecule has 0 aromatic heterocycles. The standard InChI is InChI=1S/C13H16BrCl2NO2S/c1-2-10(5-8-3-4-8)17-20(18,19)13-11(15)6-9(14)7-12(13)16/h6-8,10,17H,2-5H2,1H3. The third kappa shape index (κ3) is 4.10. The van der Waals surface area contributed by atoms with Crippen LogP contribution in [-0.4, -0.2) is 14.5 Å². The Labute approximate surface area is 138 Å². The molecule has 1 aromatic carbocycles. The van der Waals surface area contributed by atoms with Crippen molar-refractivity contribution in [1.82, 2.24) is 4.72 Å². The number of halogens is 3. The third-order valence-corrected chi connectivity index (χ3v) is 6.26. The Bertz CT molecular complexity index is 579. The van der Waals surface area contributed by atoms with Crippen LogP contribution in [-0.2, 0) is 10.0 Å². The van der Waals surface area contributed by atoms with E-state index in [0.29, 0.717) is 10.4 Å². The first kappa shape index (κ1) is 16.6. The van der Waals surface area contributed by atoms with Crippen molar-refractivity contribution in [2.24, 2.45) is 5.92 Å². The molecule has 0 aliphatic heterocycles. The van der Waals surface area contributed by atoms with E-state index in [1.807, 2.05) is 6.92 Å². The van der Waals surface area contributed by atoms with Gasteiger partial charge in [-0.25, -0.2) is 13.1 Å². The molecule has 1 aliphatic carbocycles. The van der Waals surface area contributed by atoms with Crippen LogP contribution >= 0.6 is 39.1 Å². The zero-order chi connectivity index (χ0) is 14.9. The predicted octanol–water partition coefficient (Wildman–Crippen LogP) is 4.61. The first-order valence-electron chi connectivity index (χ1n) is 6.50. The first-order chi connectivity index (χ1) is 9.33. The summed E-state index contributed by atoms with van der Waals surface area (Å²) in [5.74, 6) is 0.651. The van der Waals surface area contributed by atoms with Gasteiger partial charge in [-0.1, -0.05) is 58.9 Å². The van der Waals surface area contributed by atoms with Gasteiger partial charge >= 0.3 is 0 Å². The van der Waals surface area contributed by atoms with Crippen molar-refractivity contribution >= 4 is 49.2 Å². The molecular formula is C13H16BrCl2NO2S. The molecule has 1 atom stereocenters. The average molecular weight is 401 g/mol.